The first kappa shape index (κ1) is 18.4. The smallest absolute Gasteiger partial charge is 0.177 e. The second-order valence-corrected chi connectivity index (χ2v) is 6.59. The third-order valence-corrected chi connectivity index (χ3v) is 4.63. The molecular formula is C17H19N7O4. The van der Waals surface area contributed by atoms with Gasteiger partial charge >= 0.3 is 0 Å². The Kier molecular flexibility index (Phi) is 4.73. The third kappa shape index (κ3) is 3.10. The number of ether oxygens (including phenoxy) is 1. The normalized spacial score (nSPS) is 27.6. The zero-order valence-corrected chi connectivity index (χ0v) is 14.9. The van der Waals surface area contributed by atoms with Crippen LogP contribution in [0.4, 0.5) is 5.82 Å². The van der Waals surface area contributed by atoms with E-state index in [0.717, 1.165) is 0 Å². The average Bonchev–Trinajstić information content (AvgIpc) is 3.25. The Morgan fingerprint density at radius 1 is 1.29 bits per heavy atom. The molecule has 0 saturated carbocycles. The van der Waals surface area contributed by atoms with Crippen molar-refractivity contribution in [2.24, 2.45) is 5.10 Å². The zero-order valence-electron chi connectivity index (χ0n) is 14.9. The minimum Gasteiger partial charge on any atom is -0.393 e. The number of nitrogens with zero attached hydrogens (tertiary/aromatic N) is 6. The van der Waals surface area contributed by atoms with Gasteiger partial charge in [0.05, 0.1) is 24.8 Å². The summed E-state index contributed by atoms with van der Waals surface area (Å²) >= 11 is 0. The molecule has 11 heteroatoms. The van der Waals surface area contributed by atoms with Crippen LogP contribution in [0.3, 0.4) is 0 Å². The van der Waals surface area contributed by atoms with Crippen molar-refractivity contribution in [1.82, 2.24) is 24.5 Å². The number of aromatic nitrogens is 5. The lowest BCUT2D eigenvalue weighted by atomic mass is 9.99. The summed E-state index contributed by atoms with van der Waals surface area (Å²) in [6, 6.07) is 5.46. The van der Waals surface area contributed by atoms with Gasteiger partial charge in [-0.05, 0) is 19.1 Å². The molecule has 3 aromatic heterocycles. The SMILES string of the molecule is C[C@]1(CO)O[C@@H](n2cnc3c(N/N=C/c4ccccn4)ncnc32)[C@H](O)[C@@H]1O. The van der Waals surface area contributed by atoms with E-state index in [1.54, 1.807) is 12.3 Å². The molecule has 4 N–H and O–H groups in total. The summed E-state index contributed by atoms with van der Waals surface area (Å²) in [5.41, 5.74) is 2.96. The maximum absolute atomic E-state index is 10.4. The van der Waals surface area contributed by atoms with E-state index in [1.165, 1.54) is 30.4 Å². The second-order valence-electron chi connectivity index (χ2n) is 6.59. The molecular weight excluding hydrogens is 366 g/mol. The molecule has 4 atom stereocenters. The van der Waals surface area contributed by atoms with Crippen molar-refractivity contribution in [3.63, 3.8) is 0 Å². The third-order valence-electron chi connectivity index (χ3n) is 4.63. The Morgan fingerprint density at radius 2 is 2.14 bits per heavy atom. The molecule has 11 nitrogen and oxygen atoms in total. The van der Waals surface area contributed by atoms with E-state index in [-0.39, 0.29) is 0 Å². The number of anilines is 1. The zero-order chi connectivity index (χ0) is 19.7. The van der Waals surface area contributed by atoms with Gasteiger partial charge < -0.3 is 20.1 Å². The van der Waals surface area contributed by atoms with Gasteiger partial charge in [0, 0.05) is 6.20 Å². The summed E-state index contributed by atoms with van der Waals surface area (Å²) in [6.07, 6.45) is 2.46. The van der Waals surface area contributed by atoms with E-state index in [4.69, 9.17) is 4.74 Å². The Morgan fingerprint density at radius 3 is 2.86 bits per heavy atom. The van der Waals surface area contributed by atoms with E-state index in [0.29, 0.717) is 22.7 Å². The maximum Gasteiger partial charge on any atom is 0.177 e. The summed E-state index contributed by atoms with van der Waals surface area (Å²) in [4.78, 5) is 16.7. The van der Waals surface area contributed by atoms with Crippen LogP contribution in [0.5, 0.6) is 0 Å². The van der Waals surface area contributed by atoms with Crippen molar-refractivity contribution >= 4 is 23.2 Å². The van der Waals surface area contributed by atoms with Crippen molar-refractivity contribution in [2.75, 3.05) is 12.0 Å². The van der Waals surface area contributed by atoms with Crippen molar-refractivity contribution < 1.29 is 20.1 Å². The highest BCUT2D eigenvalue weighted by Gasteiger charge is 2.52. The summed E-state index contributed by atoms with van der Waals surface area (Å²) < 4.78 is 7.19. The second kappa shape index (κ2) is 7.20. The quantitative estimate of drug-likeness (QED) is 0.342. The van der Waals surface area contributed by atoms with Gasteiger partial charge in [-0.2, -0.15) is 5.10 Å². The lowest BCUT2D eigenvalue weighted by Gasteiger charge is -2.24. The van der Waals surface area contributed by atoms with Crippen molar-refractivity contribution in [3.05, 3.63) is 42.7 Å². The van der Waals surface area contributed by atoms with Gasteiger partial charge in [-0.25, -0.2) is 15.0 Å². The van der Waals surface area contributed by atoms with Crippen LogP contribution in [0.1, 0.15) is 18.8 Å². The van der Waals surface area contributed by atoms with Gasteiger partial charge in [0.25, 0.3) is 0 Å². The van der Waals surface area contributed by atoms with E-state index in [2.05, 4.69) is 30.5 Å². The first-order valence-electron chi connectivity index (χ1n) is 8.56. The molecule has 0 spiro atoms. The van der Waals surface area contributed by atoms with Gasteiger partial charge in [0.2, 0.25) is 0 Å². The van der Waals surface area contributed by atoms with Crippen LogP contribution in [0.25, 0.3) is 11.2 Å². The summed E-state index contributed by atoms with van der Waals surface area (Å²) in [5.74, 6) is 0.355. The van der Waals surface area contributed by atoms with Crippen LogP contribution in [-0.4, -0.2) is 70.5 Å². The van der Waals surface area contributed by atoms with Crippen molar-refractivity contribution in [2.45, 2.75) is 31.0 Å². The standard InChI is InChI=1S/C17H19N7O4/c1-17(7-25)13(27)12(26)16(28-17)24-9-21-11-14(19-8-20-15(11)24)23-22-6-10-4-2-3-5-18-10/h2-6,8-9,12-13,16,25-27H,7H2,1H3,(H,19,20,23)/b22-6+/t12-,13+,16-,17-/m1/s1. The van der Waals surface area contributed by atoms with Crippen LogP contribution in [-0.2, 0) is 4.74 Å². The predicted molar refractivity (Wildman–Crippen MR) is 98.4 cm³/mol. The monoisotopic (exact) mass is 385 g/mol. The highest BCUT2D eigenvalue weighted by Crippen LogP contribution is 2.38. The Hall–Kier alpha value is -2.99. The largest absolute Gasteiger partial charge is 0.393 e. The lowest BCUT2D eigenvalue weighted by molar-refractivity contribution is -0.115. The lowest BCUT2D eigenvalue weighted by Crippen LogP contribution is -2.43. The Balaban J connectivity index is 1.61. The first-order chi connectivity index (χ1) is 13.5. The molecule has 0 bridgehead atoms. The number of hydrogen-bond acceptors (Lipinski definition) is 10. The molecule has 4 heterocycles. The molecule has 0 aliphatic carbocycles. The number of hydrazone groups is 1. The molecule has 1 aliphatic rings. The van der Waals surface area contributed by atoms with Gasteiger partial charge in [-0.15, -0.1) is 0 Å². The maximum atomic E-state index is 10.4. The molecule has 0 amide bonds. The molecule has 1 fully saturated rings. The number of pyridine rings is 1. The van der Waals surface area contributed by atoms with E-state index in [1.807, 2.05) is 12.1 Å². The molecule has 146 valence electrons. The molecule has 0 unspecified atom stereocenters. The number of aliphatic hydroxyl groups excluding tert-OH is 3. The molecule has 3 aromatic rings. The summed E-state index contributed by atoms with van der Waals surface area (Å²) in [5, 5.41) is 34.2. The topological polar surface area (TPSA) is 151 Å². The number of aliphatic hydroxyl groups is 3. The van der Waals surface area contributed by atoms with Crippen molar-refractivity contribution in [1.29, 1.82) is 0 Å². The Labute approximate surface area is 159 Å². The minimum absolute atomic E-state index is 0.355. The van der Waals surface area contributed by atoms with Gasteiger partial charge in [0.15, 0.2) is 23.2 Å². The molecule has 4 rings (SSSR count). The fourth-order valence-electron chi connectivity index (χ4n) is 3.02. The van der Waals surface area contributed by atoms with Crippen LogP contribution < -0.4 is 5.43 Å². The predicted octanol–water partition coefficient (Wildman–Crippen LogP) is -0.331. The first-order valence-corrected chi connectivity index (χ1v) is 8.56. The molecule has 28 heavy (non-hydrogen) atoms. The highest BCUT2D eigenvalue weighted by molar-refractivity contribution is 5.84. The molecule has 1 saturated heterocycles. The number of hydrogen-bond donors (Lipinski definition) is 4. The summed E-state index contributed by atoms with van der Waals surface area (Å²) in [6.45, 7) is 1.08. The highest BCUT2D eigenvalue weighted by atomic mass is 16.6. The Bertz CT molecular complexity index is 996. The van der Waals surface area contributed by atoms with Crippen LogP contribution in [0.2, 0.25) is 0 Å². The van der Waals surface area contributed by atoms with E-state index in [9.17, 15) is 15.3 Å². The van der Waals surface area contributed by atoms with Crippen LogP contribution in [0, 0.1) is 0 Å². The fraction of sp³-hybridized carbons (Fsp3) is 0.353. The molecule has 1 aliphatic heterocycles. The van der Waals surface area contributed by atoms with E-state index >= 15 is 0 Å². The molecule has 0 aromatic carbocycles. The number of fused-ring (bicyclic) bond motifs is 1. The van der Waals surface area contributed by atoms with Crippen molar-refractivity contribution in [3.8, 4) is 0 Å². The minimum atomic E-state index is -1.29. The van der Waals surface area contributed by atoms with Crippen LogP contribution >= 0.6 is 0 Å². The number of imidazole rings is 1. The molecule has 0 radical (unpaired) electrons. The number of rotatable bonds is 5. The van der Waals surface area contributed by atoms with Gasteiger partial charge in [0.1, 0.15) is 24.1 Å². The van der Waals surface area contributed by atoms with E-state index < -0.39 is 30.6 Å². The van der Waals surface area contributed by atoms with Gasteiger partial charge in [-0.3, -0.25) is 15.0 Å². The van der Waals surface area contributed by atoms with Crippen LogP contribution in [0.15, 0.2) is 42.2 Å². The average molecular weight is 385 g/mol. The van der Waals surface area contributed by atoms with Gasteiger partial charge in [-0.1, -0.05) is 6.07 Å². The fourth-order valence-corrected chi connectivity index (χ4v) is 3.02. The number of nitrogens with one attached hydrogen (secondary N) is 1. The summed E-state index contributed by atoms with van der Waals surface area (Å²) in [7, 11) is 0.